The number of nitrogens with zero attached hydrogens (tertiary/aromatic N) is 1. The Kier molecular flexibility index (Phi) is 5.99. The maximum absolute atomic E-state index is 5.89. The first-order valence-electron chi connectivity index (χ1n) is 8.25. The Bertz CT molecular complexity index is 276. The molecule has 0 aromatic rings. The van der Waals surface area contributed by atoms with E-state index in [0.29, 0.717) is 12.1 Å². The molecule has 0 aromatic heterocycles. The van der Waals surface area contributed by atoms with Crippen molar-refractivity contribution in [3.8, 4) is 0 Å². The molecule has 0 unspecified atom stereocenters. The van der Waals surface area contributed by atoms with E-state index in [1.165, 1.54) is 64.2 Å². The van der Waals surface area contributed by atoms with Crippen molar-refractivity contribution in [1.29, 1.82) is 0 Å². The molecular weight excluding hydrogens is 236 g/mol. The standard InChI is InChI=1S/C16H30N2O/c1-13(2)19-16(17-14-9-5-3-6-10-14)18-15-11-7-4-8-12-15/h13-15H,3-12H2,1-2H3,(H,17,18). The molecule has 3 heteroatoms. The van der Waals surface area contributed by atoms with Crippen LogP contribution >= 0.6 is 0 Å². The van der Waals surface area contributed by atoms with Gasteiger partial charge in [0.2, 0.25) is 0 Å². The van der Waals surface area contributed by atoms with Gasteiger partial charge in [0.15, 0.2) is 0 Å². The maximum Gasteiger partial charge on any atom is 0.285 e. The lowest BCUT2D eigenvalue weighted by Gasteiger charge is -2.27. The van der Waals surface area contributed by atoms with Gasteiger partial charge in [-0.2, -0.15) is 0 Å². The molecule has 0 atom stereocenters. The summed E-state index contributed by atoms with van der Waals surface area (Å²) >= 11 is 0. The van der Waals surface area contributed by atoms with Crippen molar-refractivity contribution in [2.75, 3.05) is 0 Å². The van der Waals surface area contributed by atoms with E-state index in [1.54, 1.807) is 0 Å². The van der Waals surface area contributed by atoms with Crippen LogP contribution in [0.5, 0.6) is 0 Å². The molecule has 0 heterocycles. The van der Waals surface area contributed by atoms with Crippen molar-refractivity contribution < 1.29 is 4.74 Å². The van der Waals surface area contributed by atoms with Gasteiger partial charge < -0.3 is 10.1 Å². The quantitative estimate of drug-likeness (QED) is 0.618. The number of hydrogen-bond acceptors (Lipinski definition) is 2. The maximum atomic E-state index is 5.89. The second-order valence-electron chi connectivity index (χ2n) is 6.37. The van der Waals surface area contributed by atoms with Gasteiger partial charge in [-0.3, -0.25) is 0 Å². The van der Waals surface area contributed by atoms with E-state index in [4.69, 9.17) is 9.73 Å². The van der Waals surface area contributed by atoms with Gasteiger partial charge in [-0.1, -0.05) is 38.5 Å². The van der Waals surface area contributed by atoms with E-state index < -0.39 is 0 Å². The molecule has 2 aliphatic rings. The summed E-state index contributed by atoms with van der Waals surface area (Å²) in [6.45, 7) is 4.16. The second-order valence-corrected chi connectivity index (χ2v) is 6.37. The van der Waals surface area contributed by atoms with Crippen LogP contribution in [0.4, 0.5) is 0 Å². The predicted molar refractivity (Wildman–Crippen MR) is 80.5 cm³/mol. The van der Waals surface area contributed by atoms with Crippen molar-refractivity contribution in [2.24, 2.45) is 4.99 Å². The normalized spacial score (nSPS) is 23.6. The average molecular weight is 266 g/mol. The zero-order chi connectivity index (χ0) is 13.5. The Balaban J connectivity index is 1.91. The lowest BCUT2D eigenvalue weighted by atomic mass is 9.95. The highest BCUT2D eigenvalue weighted by Gasteiger charge is 2.18. The predicted octanol–water partition coefficient (Wildman–Crippen LogP) is 4.02. The number of hydrogen-bond donors (Lipinski definition) is 1. The van der Waals surface area contributed by atoms with Gasteiger partial charge in [-0.25, -0.2) is 4.99 Å². The van der Waals surface area contributed by atoms with E-state index in [-0.39, 0.29) is 6.10 Å². The number of rotatable bonds is 3. The summed E-state index contributed by atoms with van der Waals surface area (Å²) in [5.41, 5.74) is 0. The summed E-state index contributed by atoms with van der Waals surface area (Å²) in [7, 11) is 0. The monoisotopic (exact) mass is 266 g/mol. The fourth-order valence-corrected chi connectivity index (χ4v) is 3.12. The average Bonchev–Trinajstić information content (AvgIpc) is 2.40. The fraction of sp³-hybridized carbons (Fsp3) is 0.938. The van der Waals surface area contributed by atoms with Gasteiger partial charge in [0.25, 0.3) is 6.02 Å². The molecule has 0 bridgehead atoms. The zero-order valence-electron chi connectivity index (χ0n) is 12.7. The minimum absolute atomic E-state index is 0.207. The molecule has 0 aliphatic heterocycles. The molecule has 1 N–H and O–H groups in total. The Labute approximate surface area is 118 Å². The highest BCUT2D eigenvalue weighted by atomic mass is 16.5. The van der Waals surface area contributed by atoms with Crippen molar-refractivity contribution in [3.63, 3.8) is 0 Å². The smallest absolute Gasteiger partial charge is 0.285 e. The molecule has 2 fully saturated rings. The van der Waals surface area contributed by atoms with Gasteiger partial charge in [0.05, 0.1) is 12.1 Å². The lowest BCUT2D eigenvalue weighted by Crippen LogP contribution is -2.39. The summed E-state index contributed by atoms with van der Waals surface area (Å²) in [5.74, 6) is 0. The van der Waals surface area contributed by atoms with Crippen LogP contribution in [0.2, 0.25) is 0 Å². The van der Waals surface area contributed by atoms with Crippen LogP contribution in [0, 0.1) is 0 Å². The van der Waals surface area contributed by atoms with Crippen LogP contribution in [0.15, 0.2) is 4.99 Å². The molecule has 0 amide bonds. The van der Waals surface area contributed by atoms with Crippen molar-refractivity contribution in [1.82, 2.24) is 5.32 Å². The van der Waals surface area contributed by atoms with Gasteiger partial charge in [-0.15, -0.1) is 0 Å². The van der Waals surface area contributed by atoms with E-state index in [2.05, 4.69) is 19.2 Å². The van der Waals surface area contributed by atoms with Crippen LogP contribution in [-0.2, 0) is 4.74 Å². The molecule has 3 nitrogen and oxygen atoms in total. The minimum Gasteiger partial charge on any atom is -0.463 e. The zero-order valence-corrected chi connectivity index (χ0v) is 12.7. The Morgan fingerprint density at radius 3 is 2.11 bits per heavy atom. The van der Waals surface area contributed by atoms with Crippen LogP contribution in [-0.4, -0.2) is 24.2 Å². The van der Waals surface area contributed by atoms with E-state index >= 15 is 0 Å². The first kappa shape index (κ1) is 14.7. The number of nitrogens with one attached hydrogen (secondary N) is 1. The Hall–Kier alpha value is -0.730. The van der Waals surface area contributed by atoms with Gasteiger partial charge in [-0.05, 0) is 39.5 Å². The van der Waals surface area contributed by atoms with E-state index in [0.717, 1.165) is 6.02 Å². The Morgan fingerprint density at radius 1 is 0.947 bits per heavy atom. The molecule has 0 aromatic carbocycles. The molecule has 0 radical (unpaired) electrons. The molecule has 0 spiro atoms. The van der Waals surface area contributed by atoms with Gasteiger partial charge in [0.1, 0.15) is 0 Å². The number of ether oxygens (including phenoxy) is 1. The topological polar surface area (TPSA) is 33.6 Å². The lowest BCUT2D eigenvalue weighted by molar-refractivity contribution is 0.206. The summed E-state index contributed by atoms with van der Waals surface area (Å²) < 4.78 is 5.89. The highest BCUT2D eigenvalue weighted by Crippen LogP contribution is 2.21. The van der Waals surface area contributed by atoms with Crippen LogP contribution in [0.1, 0.15) is 78.1 Å². The fourth-order valence-electron chi connectivity index (χ4n) is 3.12. The molecule has 2 saturated carbocycles. The first-order valence-corrected chi connectivity index (χ1v) is 8.25. The first-order chi connectivity index (χ1) is 9.24. The molecule has 2 rings (SSSR count). The van der Waals surface area contributed by atoms with Crippen LogP contribution in [0.25, 0.3) is 0 Å². The molecule has 2 aliphatic carbocycles. The van der Waals surface area contributed by atoms with Crippen molar-refractivity contribution in [2.45, 2.75) is 96.2 Å². The SMILES string of the molecule is CC(C)OC(=NC1CCCCC1)NC1CCCCC1. The third-order valence-corrected chi connectivity index (χ3v) is 4.15. The molecule has 0 saturated heterocycles. The Morgan fingerprint density at radius 2 is 1.53 bits per heavy atom. The van der Waals surface area contributed by atoms with E-state index in [9.17, 15) is 0 Å². The minimum atomic E-state index is 0.207. The third-order valence-electron chi connectivity index (χ3n) is 4.15. The number of aliphatic imine (C=N–C) groups is 1. The summed E-state index contributed by atoms with van der Waals surface area (Å²) in [6, 6.07) is 1.88. The molecule has 110 valence electrons. The largest absolute Gasteiger partial charge is 0.463 e. The van der Waals surface area contributed by atoms with Gasteiger partial charge in [0, 0.05) is 6.04 Å². The second kappa shape index (κ2) is 7.76. The summed E-state index contributed by atoms with van der Waals surface area (Å²) in [6.07, 6.45) is 13.3. The van der Waals surface area contributed by atoms with Crippen molar-refractivity contribution >= 4 is 6.02 Å². The molecular formula is C16H30N2O. The van der Waals surface area contributed by atoms with E-state index in [1.807, 2.05) is 0 Å². The molecule has 19 heavy (non-hydrogen) atoms. The van der Waals surface area contributed by atoms with Gasteiger partial charge >= 0.3 is 0 Å². The van der Waals surface area contributed by atoms with Crippen LogP contribution in [0.3, 0.4) is 0 Å². The summed E-state index contributed by atoms with van der Waals surface area (Å²) in [5, 5.41) is 3.56. The number of amidine groups is 1. The highest BCUT2D eigenvalue weighted by molar-refractivity contribution is 5.74. The summed E-state index contributed by atoms with van der Waals surface area (Å²) in [4.78, 5) is 4.85. The van der Waals surface area contributed by atoms with Crippen molar-refractivity contribution in [3.05, 3.63) is 0 Å². The van der Waals surface area contributed by atoms with Crippen LogP contribution < -0.4 is 5.32 Å². The third kappa shape index (κ3) is 5.42.